The van der Waals surface area contributed by atoms with Crippen LogP contribution in [-0.2, 0) is 0 Å². The Hall–Kier alpha value is -1.24. The van der Waals surface area contributed by atoms with Crippen LogP contribution >= 0.6 is 0 Å². The summed E-state index contributed by atoms with van der Waals surface area (Å²) in [6, 6.07) is 0. The number of aliphatic hydroxyl groups is 1. The molecule has 0 unspecified atom stereocenters. The van der Waals surface area contributed by atoms with Gasteiger partial charge in [-0.05, 0) is 44.4 Å². The zero-order valence-corrected chi connectivity index (χ0v) is 9.54. The van der Waals surface area contributed by atoms with Crippen molar-refractivity contribution in [3.8, 4) is 0 Å². The molecule has 0 spiro atoms. The monoisotopic (exact) mass is 192 g/mol. The van der Waals surface area contributed by atoms with Crippen LogP contribution in [0, 0.1) is 0 Å². The second-order valence-electron chi connectivity index (χ2n) is 3.23. The van der Waals surface area contributed by atoms with Crippen LogP contribution in [0.4, 0.5) is 0 Å². The van der Waals surface area contributed by atoms with E-state index in [1.165, 1.54) is 11.1 Å². The second kappa shape index (κ2) is 7.19. The molecule has 1 heteroatoms. The van der Waals surface area contributed by atoms with Crippen LogP contribution in [0.5, 0.6) is 0 Å². The molecule has 0 saturated carbocycles. The highest BCUT2D eigenvalue weighted by atomic mass is 16.3. The average Bonchev–Trinajstić information content (AvgIpc) is 2.16. The molecule has 0 rings (SSSR count). The summed E-state index contributed by atoms with van der Waals surface area (Å²) in [7, 11) is 0. The number of allylic oxidation sites excluding steroid dienone is 8. The average molecular weight is 192 g/mol. The van der Waals surface area contributed by atoms with E-state index in [2.05, 4.69) is 19.9 Å². The Bertz CT molecular complexity index is 274. The van der Waals surface area contributed by atoms with E-state index in [-0.39, 0.29) is 0 Å². The van der Waals surface area contributed by atoms with Gasteiger partial charge in [-0.25, -0.2) is 0 Å². The molecule has 0 radical (unpaired) electrons. The van der Waals surface area contributed by atoms with Gasteiger partial charge in [0, 0.05) is 0 Å². The molecule has 0 aliphatic carbocycles. The van der Waals surface area contributed by atoms with Gasteiger partial charge in [0.15, 0.2) is 0 Å². The molecule has 0 aromatic carbocycles. The lowest BCUT2D eigenvalue weighted by Gasteiger charge is -2.02. The quantitative estimate of drug-likeness (QED) is 0.520. The molecule has 1 nitrogen and oxygen atoms in total. The zero-order chi connectivity index (χ0) is 11.0. The first-order valence-electron chi connectivity index (χ1n) is 4.98. The minimum atomic E-state index is 0.339. The van der Waals surface area contributed by atoms with Gasteiger partial charge in [0.2, 0.25) is 0 Å². The fraction of sp³-hybridized carbons (Fsp3) is 0.385. The molecule has 0 amide bonds. The lowest BCUT2D eigenvalue weighted by molar-refractivity contribution is 0.414. The standard InChI is InChI=1S/C13H20O/c1-5-7-8-13(6-2)11(3)9-10-12(4)14/h5,7-10,14H,6H2,1-4H3/b7-5-,11-9+,12-10+,13-8+. The van der Waals surface area contributed by atoms with Crippen molar-refractivity contribution >= 4 is 0 Å². The number of hydrogen-bond acceptors (Lipinski definition) is 1. The van der Waals surface area contributed by atoms with Crippen molar-refractivity contribution in [2.75, 3.05) is 0 Å². The van der Waals surface area contributed by atoms with Gasteiger partial charge in [-0.15, -0.1) is 0 Å². The first-order chi connectivity index (χ1) is 6.61. The van der Waals surface area contributed by atoms with E-state index < -0.39 is 0 Å². The van der Waals surface area contributed by atoms with Gasteiger partial charge in [0.1, 0.15) is 0 Å². The number of rotatable bonds is 4. The minimum absolute atomic E-state index is 0.339. The van der Waals surface area contributed by atoms with Crippen molar-refractivity contribution in [2.45, 2.75) is 34.1 Å². The van der Waals surface area contributed by atoms with Crippen molar-refractivity contribution in [3.63, 3.8) is 0 Å². The highest BCUT2D eigenvalue weighted by Gasteiger charge is 1.94. The van der Waals surface area contributed by atoms with Gasteiger partial charge in [0.25, 0.3) is 0 Å². The molecule has 0 bridgehead atoms. The van der Waals surface area contributed by atoms with Crippen LogP contribution in [0.1, 0.15) is 34.1 Å². The predicted octanol–water partition coefficient (Wildman–Crippen LogP) is 4.31. The predicted molar refractivity (Wildman–Crippen MR) is 63.3 cm³/mol. The summed E-state index contributed by atoms with van der Waals surface area (Å²) < 4.78 is 0. The molecular weight excluding hydrogens is 172 g/mol. The summed E-state index contributed by atoms with van der Waals surface area (Å²) in [5.74, 6) is 0.339. The molecular formula is C13H20O. The minimum Gasteiger partial charge on any atom is -0.513 e. The van der Waals surface area contributed by atoms with Gasteiger partial charge in [-0.1, -0.05) is 31.2 Å². The van der Waals surface area contributed by atoms with E-state index in [1.807, 2.05) is 25.2 Å². The summed E-state index contributed by atoms with van der Waals surface area (Å²) in [5, 5.41) is 9.01. The Morgan fingerprint density at radius 1 is 1.14 bits per heavy atom. The van der Waals surface area contributed by atoms with E-state index in [9.17, 15) is 0 Å². The first kappa shape index (κ1) is 12.8. The van der Waals surface area contributed by atoms with Gasteiger partial charge in [-0.3, -0.25) is 0 Å². The molecule has 0 saturated heterocycles. The summed E-state index contributed by atoms with van der Waals surface area (Å²) in [6.45, 7) is 7.85. The second-order valence-corrected chi connectivity index (χ2v) is 3.23. The Kier molecular flexibility index (Phi) is 6.55. The molecule has 14 heavy (non-hydrogen) atoms. The highest BCUT2D eigenvalue weighted by molar-refractivity contribution is 5.34. The summed E-state index contributed by atoms with van der Waals surface area (Å²) >= 11 is 0. The van der Waals surface area contributed by atoms with Gasteiger partial charge >= 0.3 is 0 Å². The molecule has 0 aliphatic rings. The molecule has 0 aromatic heterocycles. The molecule has 0 aromatic rings. The third kappa shape index (κ3) is 5.41. The topological polar surface area (TPSA) is 20.2 Å². The van der Waals surface area contributed by atoms with Crippen LogP contribution in [0.15, 0.2) is 47.3 Å². The first-order valence-corrected chi connectivity index (χ1v) is 4.98. The summed E-state index contributed by atoms with van der Waals surface area (Å²) in [5.41, 5.74) is 2.49. The van der Waals surface area contributed by atoms with Gasteiger partial charge in [-0.2, -0.15) is 0 Å². The Labute approximate surface area is 87.2 Å². The van der Waals surface area contributed by atoms with Crippen molar-refractivity contribution < 1.29 is 5.11 Å². The fourth-order valence-corrected chi connectivity index (χ4v) is 1.09. The molecule has 0 aliphatic heterocycles. The third-order valence-corrected chi connectivity index (χ3v) is 1.95. The van der Waals surface area contributed by atoms with E-state index >= 15 is 0 Å². The summed E-state index contributed by atoms with van der Waals surface area (Å²) in [6.07, 6.45) is 10.8. The van der Waals surface area contributed by atoms with E-state index in [4.69, 9.17) is 5.11 Å². The van der Waals surface area contributed by atoms with E-state index in [0.717, 1.165) is 6.42 Å². The van der Waals surface area contributed by atoms with E-state index in [0.29, 0.717) is 5.76 Å². The van der Waals surface area contributed by atoms with Crippen LogP contribution in [0.25, 0.3) is 0 Å². The van der Waals surface area contributed by atoms with Crippen LogP contribution in [0.3, 0.4) is 0 Å². The molecule has 1 N–H and O–H groups in total. The van der Waals surface area contributed by atoms with Crippen molar-refractivity contribution in [2.24, 2.45) is 0 Å². The number of aliphatic hydroxyl groups excluding tert-OH is 1. The number of hydrogen-bond donors (Lipinski definition) is 1. The highest BCUT2D eigenvalue weighted by Crippen LogP contribution is 2.13. The third-order valence-electron chi connectivity index (χ3n) is 1.95. The van der Waals surface area contributed by atoms with Crippen LogP contribution < -0.4 is 0 Å². The lowest BCUT2D eigenvalue weighted by atomic mass is 10.0. The maximum atomic E-state index is 9.01. The Balaban J connectivity index is 4.70. The zero-order valence-electron chi connectivity index (χ0n) is 9.54. The largest absolute Gasteiger partial charge is 0.513 e. The fourth-order valence-electron chi connectivity index (χ4n) is 1.09. The molecule has 0 atom stereocenters. The Morgan fingerprint density at radius 3 is 2.21 bits per heavy atom. The van der Waals surface area contributed by atoms with Crippen molar-refractivity contribution in [1.82, 2.24) is 0 Å². The van der Waals surface area contributed by atoms with Crippen molar-refractivity contribution in [3.05, 3.63) is 47.3 Å². The molecule has 0 heterocycles. The molecule has 78 valence electrons. The SMILES string of the molecule is C\C=C/C=C(CC)/C(C)=C/C=C(\C)O. The smallest absolute Gasteiger partial charge is 0.0891 e. The van der Waals surface area contributed by atoms with Gasteiger partial charge < -0.3 is 5.11 Å². The van der Waals surface area contributed by atoms with Crippen molar-refractivity contribution in [1.29, 1.82) is 0 Å². The van der Waals surface area contributed by atoms with Crippen LogP contribution in [-0.4, -0.2) is 5.11 Å². The maximum Gasteiger partial charge on any atom is 0.0891 e. The molecule has 0 fully saturated rings. The van der Waals surface area contributed by atoms with Crippen LogP contribution in [0.2, 0.25) is 0 Å². The Morgan fingerprint density at radius 2 is 1.79 bits per heavy atom. The van der Waals surface area contributed by atoms with Gasteiger partial charge in [0.05, 0.1) is 5.76 Å². The lowest BCUT2D eigenvalue weighted by Crippen LogP contribution is -1.82. The van der Waals surface area contributed by atoms with E-state index in [1.54, 1.807) is 13.0 Å². The normalized spacial score (nSPS) is 15.3. The summed E-state index contributed by atoms with van der Waals surface area (Å²) in [4.78, 5) is 0. The maximum absolute atomic E-state index is 9.01.